The summed E-state index contributed by atoms with van der Waals surface area (Å²) in [4.78, 5) is 24.9. The number of carbonyl (C=O) groups is 2. The van der Waals surface area contributed by atoms with Crippen molar-refractivity contribution in [3.63, 3.8) is 0 Å². The Balaban J connectivity index is 1.83. The van der Waals surface area contributed by atoms with Crippen molar-refractivity contribution in [2.24, 2.45) is 0 Å². The van der Waals surface area contributed by atoms with E-state index in [9.17, 15) is 18.4 Å². The zero-order chi connectivity index (χ0) is 24.5. The highest BCUT2D eigenvalue weighted by Gasteiger charge is 2.22. The predicted octanol–water partition coefficient (Wildman–Crippen LogP) is 4.83. The van der Waals surface area contributed by atoms with Gasteiger partial charge in [0.05, 0.1) is 25.5 Å². The lowest BCUT2D eigenvalue weighted by Gasteiger charge is -2.19. The molecule has 0 saturated carbocycles. The highest BCUT2D eigenvalue weighted by atomic mass is 19.3. The van der Waals surface area contributed by atoms with Crippen molar-refractivity contribution in [1.29, 1.82) is 0 Å². The number of hydrogen-bond acceptors (Lipinski definition) is 6. The van der Waals surface area contributed by atoms with Gasteiger partial charge in [0.25, 0.3) is 0 Å². The van der Waals surface area contributed by atoms with E-state index >= 15 is 0 Å². The van der Waals surface area contributed by atoms with Crippen LogP contribution in [0, 0.1) is 0 Å². The smallest absolute Gasteiger partial charge is 0.387 e. The summed E-state index contributed by atoms with van der Waals surface area (Å²) in [6.45, 7) is -3.52. The molecule has 9 heteroatoms. The Hall–Kier alpha value is -3.98. The molecule has 0 heterocycles. The van der Waals surface area contributed by atoms with Gasteiger partial charge in [0.2, 0.25) is 5.91 Å². The third-order valence-corrected chi connectivity index (χ3v) is 4.78. The first-order valence-corrected chi connectivity index (χ1v) is 10.2. The van der Waals surface area contributed by atoms with Crippen LogP contribution < -0.4 is 14.8 Å². The number of methoxy groups -OCH3 is 2. The second-order valence-electron chi connectivity index (χ2n) is 6.98. The molecule has 1 N–H and O–H groups in total. The van der Waals surface area contributed by atoms with Crippen LogP contribution in [0.4, 0.5) is 14.5 Å². The molecule has 0 aliphatic carbocycles. The maximum absolute atomic E-state index is 12.8. The van der Waals surface area contributed by atoms with Gasteiger partial charge in [0.1, 0.15) is 12.7 Å². The monoisotopic (exact) mass is 471 g/mol. The SMILES string of the molecule is COC(=O)c1cc(OC)c(OC(F)F)cc1NC(=O)COC(c1ccccc1)c1ccccc1. The number of halogens is 2. The molecule has 1 amide bonds. The van der Waals surface area contributed by atoms with E-state index in [1.165, 1.54) is 7.11 Å². The summed E-state index contributed by atoms with van der Waals surface area (Å²) in [6, 6.07) is 20.9. The number of alkyl halides is 2. The van der Waals surface area contributed by atoms with Gasteiger partial charge in [-0.25, -0.2) is 4.79 Å². The molecule has 0 spiro atoms. The second kappa shape index (κ2) is 11.8. The summed E-state index contributed by atoms with van der Waals surface area (Å²) < 4.78 is 45.7. The van der Waals surface area contributed by atoms with Gasteiger partial charge in [-0.15, -0.1) is 0 Å². The maximum atomic E-state index is 12.8. The molecular formula is C25H23F2NO6. The van der Waals surface area contributed by atoms with E-state index in [0.29, 0.717) is 0 Å². The fourth-order valence-electron chi connectivity index (χ4n) is 3.28. The average Bonchev–Trinajstić information content (AvgIpc) is 2.85. The topological polar surface area (TPSA) is 83.1 Å². The summed E-state index contributed by atoms with van der Waals surface area (Å²) in [5.74, 6) is -1.89. The van der Waals surface area contributed by atoms with E-state index in [-0.39, 0.29) is 29.4 Å². The van der Waals surface area contributed by atoms with Crippen molar-refractivity contribution in [3.05, 3.63) is 89.5 Å². The minimum atomic E-state index is -3.14. The van der Waals surface area contributed by atoms with Crippen LogP contribution in [-0.2, 0) is 14.3 Å². The fourth-order valence-corrected chi connectivity index (χ4v) is 3.28. The molecule has 0 bridgehead atoms. The molecular weight excluding hydrogens is 448 g/mol. The van der Waals surface area contributed by atoms with Crippen LogP contribution in [0.25, 0.3) is 0 Å². The standard InChI is InChI=1S/C25H23F2NO6/c1-31-20-13-18(24(30)32-2)19(14-21(20)34-25(26)27)28-22(29)15-33-23(16-9-5-3-6-10-16)17-11-7-4-8-12-17/h3-14,23,25H,15H2,1-2H3,(H,28,29). The number of benzene rings is 3. The summed E-state index contributed by atoms with van der Waals surface area (Å²) in [6.07, 6.45) is -0.526. The number of anilines is 1. The van der Waals surface area contributed by atoms with Gasteiger partial charge in [-0.1, -0.05) is 60.7 Å². The van der Waals surface area contributed by atoms with Crippen molar-refractivity contribution in [2.45, 2.75) is 12.7 Å². The molecule has 3 aromatic carbocycles. The lowest BCUT2D eigenvalue weighted by atomic mass is 10.0. The minimum Gasteiger partial charge on any atom is -0.493 e. The number of hydrogen-bond donors (Lipinski definition) is 1. The van der Waals surface area contributed by atoms with Gasteiger partial charge in [-0.05, 0) is 11.1 Å². The van der Waals surface area contributed by atoms with Crippen LogP contribution in [0.1, 0.15) is 27.6 Å². The first-order chi connectivity index (χ1) is 16.4. The number of nitrogens with one attached hydrogen (secondary N) is 1. The van der Waals surface area contributed by atoms with E-state index in [1.807, 2.05) is 60.7 Å². The minimum absolute atomic E-state index is 0.0899. The quantitative estimate of drug-likeness (QED) is 0.427. The van der Waals surface area contributed by atoms with E-state index in [0.717, 1.165) is 30.4 Å². The Bertz CT molecular complexity index is 1070. The van der Waals surface area contributed by atoms with E-state index in [1.54, 1.807) is 0 Å². The van der Waals surface area contributed by atoms with Crippen molar-refractivity contribution in [2.75, 3.05) is 26.1 Å². The maximum Gasteiger partial charge on any atom is 0.387 e. The van der Waals surface area contributed by atoms with Crippen LogP contribution in [0.15, 0.2) is 72.8 Å². The van der Waals surface area contributed by atoms with Crippen molar-refractivity contribution in [1.82, 2.24) is 0 Å². The number of esters is 1. The molecule has 3 aromatic rings. The number of carbonyl (C=O) groups excluding carboxylic acids is 2. The Kier molecular flexibility index (Phi) is 8.53. The Morgan fingerprint density at radius 3 is 1.97 bits per heavy atom. The predicted molar refractivity (Wildman–Crippen MR) is 120 cm³/mol. The summed E-state index contributed by atoms with van der Waals surface area (Å²) in [7, 11) is 2.38. The summed E-state index contributed by atoms with van der Waals surface area (Å²) in [5, 5.41) is 2.50. The molecule has 3 rings (SSSR count). The molecule has 178 valence electrons. The first-order valence-electron chi connectivity index (χ1n) is 10.2. The van der Waals surface area contributed by atoms with E-state index in [4.69, 9.17) is 14.2 Å². The van der Waals surface area contributed by atoms with Crippen molar-refractivity contribution in [3.8, 4) is 11.5 Å². The van der Waals surface area contributed by atoms with Crippen molar-refractivity contribution >= 4 is 17.6 Å². The molecule has 0 unspecified atom stereocenters. The Morgan fingerprint density at radius 2 is 1.47 bits per heavy atom. The zero-order valence-electron chi connectivity index (χ0n) is 18.5. The highest BCUT2D eigenvalue weighted by molar-refractivity contribution is 6.02. The van der Waals surface area contributed by atoms with Crippen LogP contribution >= 0.6 is 0 Å². The van der Waals surface area contributed by atoms with Gasteiger partial charge < -0.3 is 24.3 Å². The molecule has 0 aliphatic rings. The molecule has 0 radical (unpaired) electrons. The molecule has 34 heavy (non-hydrogen) atoms. The zero-order valence-corrected chi connectivity index (χ0v) is 18.5. The molecule has 7 nitrogen and oxygen atoms in total. The van der Waals surface area contributed by atoms with Crippen LogP contribution in [0.5, 0.6) is 11.5 Å². The third kappa shape index (κ3) is 6.29. The Labute approximate surface area is 195 Å². The van der Waals surface area contributed by atoms with E-state index < -0.39 is 24.6 Å². The van der Waals surface area contributed by atoms with E-state index in [2.05, 4.69) is 10.1 Å². The molecule has 0 aromatic heterocycles. The number of amides is 1. The van der Waals surface area contributed by atoms with Gasteiger partial charge >= 0.3 is 12.6 Å². The van der Waals surface area contributed by atoms with Gasteiger partial charge in [-0.2, -0.15) is 8.78 Å². The first kappa shape index (κ1) is 24.7. The molecule has 0 fully saturated rings. The largest absolute Gasteiger partial charge is 0.493 e. The van der Waals surface area contributed by atoms with Crippen LogP contribution in [0.2, 0.25) is 0 Å². The summed E-state index contributed by atoms with van der Waals surface area (Å²) >= 11 is 0. The summed E-state index contributed by atoms with van der Waals surface area (Å²) in [5.41, 5.74) is 1.49. The Morgan fingerprint density at radius 1 is 0.882 bits per heavy atom. The lowest BCUT2D eigenvalue weighted by Crippen LogP contribution is -2.22. The number of ether oxygens (including phenoxy) is 4. The third-order valence-electron chi connectivity index (χ3n) is 4.78. The second-order valence-corrected chi connectivity index (χ2v) is 6.98. The normalized spacial score (nSPS) is 10.8. The molecule has 0 aliphatic heterocycles. The van der Waals surface area contributed by atoms with Gasteiger partial charge in [0.15, 0.2) is 11.5 Å². The number of rotatable bonds is 10. The van der Waals surface area contributed by atoms with Crippen molar-refractivity contribution < 1.29 is 37.3 Å². The van der Waals surface area contributed by atoms with Crippen LogP contribution in [-0.4, -0.2) is 39.3 Å². The van der Waals surface area contributed by atoms with Crippen LogP contribution in [0.3, 0.4) is 0 Å². The highest BCUT2D eigenvalue weighted by Crippen LogP contribution is 2.35. The molecule has 0 saturated heterocycles. The fraction of sp³-hybridized carbons (Fsp3) is 0.200. The van der Waals surface area contributed by atoms with Gasteiger partial charge in [0, 0.05) is 12.1 Å². The molecule has 0 atom stereocenters. The average molecular weight is 471 g/mol. The lowest BCUT2D eigenvalue weighted by molar-refractivity contribution is -0.121. The van der Waals surface area contributed by atoms with Gasteiger partial charge in [-0.3, -0.25) is 4.79 Å².